The number of allylic oxidation sites excluding steroid dienone is 3. The van der Waals surface area contributed by atoms with Crippen molar-refractivity contribution in [3.8, 4) is 0 Å². The lowest BCUT2D eigenvalue weighted by Crippen LogP contribution is -2.68. The molecule has 0 aromatic heterocycles. The smallest absolute Gasteiger partial charge is 0.397 e. The molecule has 1 spiro atoms. The van der Waals surface area contributed by atoms with Gasteiger partial charge in [0.2, 0.25) is 0 Å². The molecule has 0 radical (unpaired) electrons. The molecule has 10 rings (SSSR count). The second-order valence-corrected chi connectivity index (χ2v) is 28.7. The molecule has 0 amide bonds. The van der Waals surface area contributed by atoms with E-state index in [4.69, 9.17) is 61.0 Å². The third-order valence-electron chi connectivity index (χ3n) is 22.1. The lowest BCUT2D eigenvalue weighted by molar-refractivity contribution is -0.403. The van der Waals surface area contributed by atoms with Crippen molar-refractivity contribution in [1.29, 1.82) is 0 Å². The van der Waals surface area contributed by atoms with Crippen LogP contribution in [0.3, 0.4) is 0 Å². The molecule has 31 atom stereocenters. The lowest BCUT2D eigenvalue weighted by Gasteiger charge is -2.64. The third kappa shape index (κ3) is 12.0. The average Bonchev–Trinajstić information content (AvgIpc) is 1.44. The van der Waals surface area contributed by atoms with Gasteiger partial charge in [0.05, 0.1) is 44.1 Å². The molecule has 28 nitrogen and oxygen atoms in total. The van der Waals surface area contributed by atoms with Gasteiger partial charge >= 0.3 is 16.4 Å². The molecule has 88 heavy (non-hydrogen) atoms. The molecule has 12 N–H and O–H groups in total. The molecule has 6 saturated heterocycles. The van der Waals surface area contributed by atoms with Crippen molar-refractivity contribution in [1.82, 2.24) is 0 Å². The quantitative estimate of drug-likeness (QED) is 0.0415. The number of carbonyl (C=O) groups is 1. The highest BCUT2D eigenvalue weighted by Gasteiger charge is 2.76. The summed E-state index contributed by atoms with van der Waals surface area (Å²) in [6.45, 7) is 15.5. The second kappa shape index (κ2) is 25.9. The van der Waals surface area contributed by atoms with Gasteiger partial charge in [-0.3, -0.25) is 9.35 Å². The fraction of sp³-hybridized carbons (Fsp3) is 0.915. The first kappa shape index (κ1) is 68.8. The zero-order chi connectivity index (χ0) is 64.1. The van der Waals surface area contributed by atoms with Crippen LogP contribution in [-0.4, -0.2) is 262 Å². The van der Waals surface area contributed by atoms with Crippen molar-refractivity contribution in [2.45, 2.75) is 266 Å². The molecule has 6 heterocycles. The number of rotatable bonds is 19. The van der Waals surface area contributed by atoms with E-state index in [1.165, 1.54) is 19.6 Å². The molecule has 3 saturated carbocycles. The standard InChI is InChI=1S/C59H94O28S/c1-25(2)11-10-17-58(8)34-15-19-57(7)28-12-13-33-55(4,5)35(16-18-56(33,6)27(28)14-20-59(34,57)54(71)86-58)81-52-47(39(66)32(24-77-52)87-88(72,73)74)85-53-48(84-49-40(67)36(63)29(62)23-76-49)41(68)44(26(3)78-53)82-51-43(70)46(38(65)31(22-61)80-51)83-50-42(69)45(75-9)37(64)30(21-60)79-50/h12,26-27,29-53,60-70H,1,10-11,13-24H2,2-9H3,(H,72,73,74)/t26?,27?,29?,30?,31?,32?,33?,34?,35?,36?,37?,38?,39?,40?,41?,42?,43?,44?,45?,46?,47?,48?,49?,50?,51?,52?,53?,56?,57-,58-,59?/m0/s1. The van der Waals surface area contributed by atoms with Gasteiger partial charge in [-0.15, -0.1) is 6.58 Å². The summed E-state index contributed by atoms with van der Waals surface area (Å²) in [5.41, 5.74) is -0.0989. The molecule has 29 unspecified atom stereocenters. The number of cyclic esters (lactones) is 1. The second-order valence-electron chi connectivity index (χ2n) is 27.7. The van der Waals surface area contributed by atoms with E-state index in [0.29, 0.717) is 25.7 Å². The van der Waals surface area contributed by atoms with E-state index in [0.717, 1.165) is 44.1 Å². The Morgan fingerprint density at radius 1 is 0.659 bits per heavy atom. The molecule has 9 fully saturated rings. The van der Waals surface area contributed by atoms with Gasteiger partial charge in [-0.25, -0.2) is 4.18 Å². The number of aliphatic hydroxyl groups is 11. The van der Waals surface area contributed by atoms with E-state index in [2.05, 4.69) is 47.3 Å². The average molecular weight is 1280 g/mol. The van der Waals surface area contributed by atoms with Crippen molar-refractivity contribution in [2.75, 3.05) is 33.5 Å². The number of hydrogen-bond donors (Lipinski definition) is 12. The highest BCUT2D eigenvalue weighted by molar-refractivity contribution is 7.80. The first-order valence-electron chi connectivity index (χ1n) is 30.9. The SMILES string of the molecule is C=C(C)CCC[C@]1(C)OC(=O)C23CCC4C(=CCC5C(C)(C)C(OC6OCC(OS(=O)(=O)O)C(O)C6OC6OC(C)C(OC7OC(CO)C(O)C(OC8OC(CO)C(O)C(OC)C8O)C7O)C(O)C6OC6OCC(O)C(O)C6O)CCC45C)[C@]2(C)CCC31. The Bertz CT molecular complexity index is 2620. The van der Waals surface area contributed by atoms with Gasteiger partial charge in [0.15, 0.2) is 31.5 Å². The van der Waals surface area contributed by atoms with E-state index in [1.807, 2.05) is 6.92 Å². The van der Waals surface area contributed by atoms with Gasteiger partial charge < -0.3 is 113 Å². The Kier molecular flexibility index (Phi) is 20.3. The maximum absolute atomic E-state index is 14.5. The zero-order valence-electron chi connectivity index (χ0n) is 51.1. The minimum Gasteiger partial charge on any atom is -0.459 e. The number of ether oxygens (including phenoxy) is 12. The predicted octanol–water partition coefficient (Wildman–Crippen LogP) is -1.10. The van der Waals surface area contributed by atoms with E-state index in [1.54, 1.807) is 0 Å². The van der Waals surface area contributed by atoms with Gasteiger partial charge in [-0.2, -0.15) is 8.42 Å². The van der Waals surface area contributed by atoms with Gasteiger partial charge in [0.1, 0.15) is 109 Å². The summed E-state index contributed by atoms with van der Waals surface area (Å²) in [6.07, 6.45) is -31.1. The number of fused-ring (bicyclic) bond motifs is 4. The number of esters is 1. The van der Waals surface area contributed by atoms with E-state index < -0.39 is 206 Å². The number of aliphatic hydroxyl groups excluding tert-OH is 11. The van der Waals surface area contributed by atoms with Crippen LogP contribution in [0, 0.1) is 39.4 Å². The maximum Gasteiger partial charge on any atom is 0.397 e. The minimum absolute atomic E-state index is 0.00392. The minimum atomic E-state index is -5.25. The first-order chi connectivity index (χ1) is 41.3. The molecule has 29 heteroatoms. The van der Waals surface area contributed by atoms with Gasteiger partial charge in [0, 0.05) is 18.4 Å². The fourth-order valence-electron chi connectivity index (χ4n) is 17.4. The van der Waals surface area contributed by atoms with Crippen LogP contribution in [0.4, 0.5) is 0 Å². The van der Waals surface area contributed by atoms with Crippen LogP contribution < -0.4 is 0 Å². The van der Waals surface area contributed by atoms with Crippen molar-refractivity contribution in [3.05, 3.63) is 23.8 Å². The molecule has 0 aromatic carbocycles. The summed E-state index contributed by atoms with van der Waals surface area (Å²) in [6, 6.07) is 0. The van der Waals surface area contributed by atoms with Gasteiger partial charge in [-0.1, -0.05) is 44.9 Å². The Balaban J connectivity index is 0.903. The van der Waals surface area contributed by atoms with Gasteiger partial charge in [0.25, 0.3) is 0 Å². The van der Waals surface area contributed by atoms with Crippen molar-refractivity contribution >= 4 is 16.4 Å². The van der Waals surface area contributed by atoms with Crippen LogP contribution in [0.25, 0.3) is 0 Å². The number of hydrogen-bond acceptors (Lipinski definition) is 27. The summed E-state index contributed by atoms with van der Waals surface area (Å²) in [7, 11) is -4.08. The van der Waals surface area contributed by atoms with Crippen LogP contribution in [0.5, 0.6) is 0 Å². The third-order valence-corrected chi connectivity index (χ3v) is 22.6. The molecule has 504 valence electrons. The summed E-state index contributed by atoms with van der Waals surface area (Å²) in [5.74, 6) is 0.132. The number of methoxy groups -OCH3 is 1. The fourth-order valence-corrected chi connectivity index (χ4v) is 17.9. The normalized spacial score (nSPS) is 51.1. The predicted molar refractivity (Wildman–Crippen MR) is 297 cm³/mol. The Morgan fingerprint density at radius 3 is 1.90 bits per heavy atom. The van der Waals surface area contributed by atoms with Crippen LogP contribution in [0.2, 0.25) is 0 Å². The molecule has 0 bridgehead atoms. The Labute approximate surface area is 512 Å². The maximum atomic E-state index is 14.5. The van der Waals surface area contributed by atoms with E-state index in [9.17, 15) is 73.9 Å². The number of carbonyl (C=O) groups excluding carboxylic acids is 1. The Morgan fingerprint density at radius 2 is 1.26 bits per heavy atom. The van der Waals surface area contributed by atoms with Crippen LogP contribution >= 0.6 is 0 Å². The van der Waals surface area contributed by atoms with Gasteiger partial charge in [-0.05, 0) is 108 Å². The molecular formula is C59H94O28S. The monoisotopic (exact) mass is 1280 g/mol. The summed E-state index contributed by atoms with van der Waals surface area (Å²) >= 11 is 0. The summed E-state index contributed by atoms with van der Waals surface area (Å²) < 4.78 is 112. The van der Waals surface area contributed by atoms with E-state index in [-0.39, 0.29) is 29.1 Å². The van der Waals surface area contributed by atoms with Crippen molar-refractivity contribution < 1.29 is 135 Å². The zero-order valence-corrected chi connectivity index (χ0v) is 51.9. The first-order valence-corrected chi connectivity index (χ1v) is 32.2. The summed E-state index contributed by atoms with van der Waals surface area (Å²) in [5, 5.41) is 122. The van der Waals surface area contributed by atoms with Crippen LogP contribution in [0.1, 0.15) is 113 Å². The van der Waals surface area contributed by atoms with Crippen LogP contribution in [0.15, 0.2) is 23.8 Å². The highest BCUT2D eigenvalue weighted by Crippen LogP contribution is 2.76. The van der Waals surface area contributed by atoms with Crippen molar-refractivity contribution in [2.24, 2.45) is 39.4 Å². The highest BCUT2D eigenvalue weighted by atomic mass is 32.3. The molecule has 6 aliphatic heterocycles. The molecule has 10 aliphatic rings. The van der Waals surface area contributed by atoms with E-state index >= 15 is 0 Å². The largest absolute Gasteiger partial charge is 0.459 e. The van der Waals surface area contributed by atoms with Crippen molar-refractivity contribution in [3.63, 3.8) is 0 Å². The van der Waals surface area contributed by atoms with Crippen LogP contribution in [-0.2, 0) is 76.2 Å². The summed E-state index contributed by atoms with van der Waals surface area (Å²) in [4.78, 5) is 14.5. The molecular weight excluding hydrogens is 1190 g/mol. The lowest BCUT2D eigenvalue weighted by atomic mass is 9.41. The Hall–Kier alpha value is -2.06. The molecule has 4 aliphatic carbocycles. The molecule has 0 aromatic rings. The topological polar surface area (TPSA) is 414 Å².